The number of thiazole rings is 1. The van der Waals surface area contributed by atoms with Crippen LogP contribution in [0.25, 0.3) is 0 Å². The van der Waals surface area contributed by atoms with E-state index in [2.05, 4.69) is 9.38 Å². The van der Waals surface area contributed by atoms with Gasteiger partial charge in [-0.2, -0.15) is 8.42 Å². The minimum absolute atomic E-state index is 0.0570. The number of hydrogen-bond acceptors (Lipinski definition) is 7. The molecule has 0 N–H and O–H groups in total. The van der Waals surface area contributed by atoms with Crippen LogP contribution in [0.2, 0.25) is 0 Å². The fourth-order valence-electron chi connectivity index (χ4n) is 3.30. The number of anilines is 1. The van der Waals surface area contributed by atoms with Crippen molar-refractivity contribution in [3.05, 3.63) is 39.8 Å². The van der Waals surface area contributed by atoms with E-state index in [1.807, 2.05) is 17.2 Å². The molecule has 2 aromatic rings. The Hall–Kier alpha value is -2.26. The molecule has 1 aromatic heterocycles. The largest absolute Gasteiger partial charge is 0.456 e. The summed E-state index contributed by atoms with van der Waals surface area (Å²) in [5, 5.41) is 2.72. The van der Waals surface area contributed by atoms with Gasteiger partial charge in [-0.05, 0) is 38.0 Å². The Morgan fingerprint density at radius 1 is 1.30 bits per heavy atom. The van der Waals surface area contributed by atoms with Crippen molar-refractivity contribution in [2.45, 2.75) is 44.1 Å². The molecule has 9 heteroatoms. The maximum Gasteiger partial charge on any atom is 0.338 e. The van der Waals surface area contributed by atoms with Crippen LogP contribution in [-0.2, 0) is 21.4 Å². The van der Waals surface area contributed by atoms with Crippen molar-refractivity contribution in [3.8, 4) is 0 Å². The number of aryl methyl sites for hydroxylation is 1. The van der Waals surface area contributed by atoms with Crippen LogP contribution in [-0.4, -0.2) is 31.8 Å². The predicted octanol–water partition coefficient (Wildman–Crippen LogP) is 3.29. The lowest BCUT2D eigenvalue weighted by atomic mass is 10.2. The van der Waals surface area contributed by atoms with Gasteiger partial charge in [-0.1, -0.05) is 6.42 Å². The van der Waals surface area contributed by atoms with Crippen LogP contribution in [0.3, 0.4) is 0 Å². The molecule has 1 aromatic carbocycles. The monoisotopic (exact) mass is 405 g/mol. The minimum Gasteiger partial charge on any atom is -0.456 e. The fourth-order valence-corrected chi connectivity index (χ4v) is 5.19. The van der Waals surface area contributed by atoms with Crippen LogP contribution in [0.4, 0.5) is 5.69 Å². The molecule has 0 spiro atoms. The number of hydrogen-bond donors (Lipinski definition) is 0. The second kappa shape index (κ2) is 7.05. The van der Waals surface area contributed by atoms with Crippen molar-refractivity contribution in [2.75, 3.05) is 11.4 Å². The van der Waals surface area contributed by atoms with Crippen molar-refractivity contribution >= 4 is 38.9 Å². The first-order valence-corrected chi connectivity index (χ1v) is 11.1. The number of sulfonamides is 1. The molecule has 0 radical (unpaired) electrons. The molecule has 1 fully saturated rings. The third-order valence-corrected chi connectivity index (χ3v) is 6.76. The van der Waals surface area contributed by atoms with Gasteiger partial charge in [0.1, 0.15) is 17.3 Å². The minimum atomic E-state index is -3.82. The summed E-state index contributed by atoms with van der Waals surface area (Å²) in [6.07, 6.45) is 3.61. The van der Waals surface area contributed by atoms with Crippen molar-refractivity contribution in [1.82, 2.24) is 4.98 Å². The summed E-state index contributed by atoms with van der Waals surface area (Å²) in [5.41, 5.74) is 1.46. The predicted molar refractivity (Wildman–Crippen MR) is 103 cm³/mol. The van der Waals surface area contributed by atoms with Crippen LogP contribution in [0.1, 0.15) is 46.7 Å². The first kappa shape index (κ1) is 18.1. The maximum atomic E-state index is 12.6. The first-order valence-electron chi connectivity index (χ1n) is 8.77. The molecule has 0 saturated carbocycles. The normalized spacial score (nSPS) is 18.1. The quantitative estimate of drug-likeness (QED) is 0.728. The molecule has 2 aliphatic rings. The number of aromatic nitrogens is 1. The lowest BCUT2D eigenvalue weighted by Gasteiger charge is -2.29. The molecule has 4 rings (SSSR count). The summed E-state index contributed by atoms with van der Waals surface area (Å²) in [4.78, 5) is 18.6. The van der Waals surface area contributed by atoms with Crippen molar-refractivity contribution < 1.29 is 17.9 Å². The molecule has 2 aliphatic heterocycles. The lowest BCUT2D eigenvalue weighted by Crippen LogP contribution is -2.35. The van der Waals surface area contributed by atoms with E-state index in [1.165, 1.54) is 17.4 Å². The van der Waals surface area contributed by atoms with Gasteiger partial charge in [-0.25, -0.2) is 9.78 Å². The summed E-state index contributed by atoms with van der Waals surface area (Å²) in [5.74, 6) is 0.0125. The van der Waals surface area contributed by atoms with Gasteiger partial charge in [0.2, 0.25) is 0 Å². The molecule has 0 amide bonds. The number of fused-ring (bicyclic) bond motifs is 3. The number of esters is 1. The summed E-state index contributed by atoms with van der Waals surface area (Å²) < 4.78 is 34.5. The molecule has 0 aliphatic carbocycles. The number of ether oxygens (including phenoxy) is 1. The Labute approximate surface area is 161 Å². The van der Waals surface area contributed by atoms with Crippen LogP contribution < -0.4 is 4.90 Å². The molecular weight excluding hydrogens is 386 g/mol. The first-order chi connectivity index (χ1) is 12.9. The maximum absolute atomic E-state index is 12.6. The number of nitrogens with zero attached hydrogens (tertiary/aromatic N) is 3. The van der Waals surface area contributed by atoms with Gasteiger partial charge in [0, 0.05) is 18.3 Å². The van der Waals surface area contributed by atoms with Gasteiger partial charge in [-0.3, -0.25) is 0 Å². The Morgan fingerprint density at radius 3 is 2.93 bits per heavy atom. The molecular formula is C18H19N3O4S2. The van der Waals surface area contributed by atoms with E-state index in [0.717, 1.165) is 30.8 Å². The average molecular weight is 406 g/mol. The number of carbonyl (C=O) groups excluding carboxylic acids is 1. The Bertz CT molecular complexity index is 1030. The van der Waals surface area contributed by atoms with Crippen molar-refractivity contribution in [1.29, 1.82) is 0 Å². The third-order valence-electron chi connectivity index (χ3n) is 4.60. The topological polar surface area (TPSA) is 88.9 Å². The van der Waals surface area contributed by atoms with Crippen molar-refractivity contribution in [2.24, 2.45) is 4.40 Å². The highest BCUT2D eigenvalue weighted by Gasteiger charge is 2.32. The molecule has 27 heavy (non-hydrogen) atoms. The molecule has 0 unspecified atom stereocenters. The van der Waals surface area contributed by atoms with Gasteiger partial charge in [0.05, 0.1) is 22.0 Å². The molecule has 0 atom stereocenters. The zero-order chi connectivity index (χ0) is 19.0. The standard InChI is InChI=1S/C18H19N3O4S2/c1-12-19-14(11-26-12)10-25-18(22)13-6-7-15-16(9-13)27(23,24)20-17-5-3-2-4-8-21(15)17/h6-7,9,11H,2-5,8,10H2,1H3. The van der Waals surface area contributed by atoms with Gasteiger partial charge in [0.15, 0.2) is 0 Å². The molecule has 3 heterocycles. The fraction of sp³-hybridized carbons (Fsp3) is 0.389. The van der Waals surface area contributed by atoms with Crippen LogP contribution in [0.15, 0.2) is 32.9 Å². The second-order valence-corrected chi connectivity index (χ2v) is 9.20. The van der Waals surface area contributed by atoms with Gasteiger partial charge in [0.25, 0.3) is 10.0 Å². The zero-order valence-electron chi connectivity index (χ0n) is 14.8. The summed E-state index contributed by atoms with van der Waals surface area (Å²) in [6, 6.07) is 4.65. The highest BCUT2D eigenvalue weighted by atomic mass is 32.2. The van der Waals surface area contributed by atoms with E-state index in [-0.39, 0.29) is 17.1 Å². The van der Waals surface area contributed by atoms with E-state index in [0.29, 0.717) is 23.6 Å². The summed E-state index contributed by atoms with van der Waals surface area (Å²) in [6.45, 7) is 2.66. The van der Waals surface area contributed by atoms with Gasteiger partial charge < -0.3 is 9.64 Å². The Balaban J connectivity index is 1.61. The number of carbonyl (C=O) groups is 1. The summed E-state index contributed by atoms with van der Waals surface area (Å²) in [7, 11) is -3.82. The van der Waals surface area contributed by atoms with Crippen LogP contribution >= 0.6 is 11.3 Å². The Morgan fingerprint density at radius 2 is 2.15 bits per heavy atom. The van der Waals surface area contributed by atoms with E-state index in [1.54, 1.807) is 12.1 Å². The SMILES string of the molecule is Cc1nc(COC(=O)c2ccc3c(c2)S(=O)(=O)N=C2CCCCCN23)cs1. The highest BCUT2D eigenvalue weighted by molar-refractivity contribution is 7.90. The van der Waals surface area contributed by atoms with Gasteiger partial charge >= 0.3 is 5.97 Å². The second-order valence-electron chi connectivity index (χ2n) is 6.56. The van der Waals surface area contributed by atoms with E-state index in [4.69, 9.17) is 4.74 Å². The van der Waals surface area contributed by atoms with E-state index in [9.17, 15) is 13.2 Å². The Kier molecular flexibility index (Phi) is 4.73. The molecule has 7 nitrogen and oxygen atoms in total. The van der Waals surface area contributed by atoms with E-state index < -0.39 is 16.0 Å². The van der Waals surface area contributed by atoms with Crippen molar-refractivity contribution in [3.63, 3.8) is 0 Å². The average Bonchev–Trinajstić information content (AvgIpc) is 2.92. The van der Waals surface area contributed by atoms with E-state index >= 15 is 0 Å². The smallest absolute Gasteiger partial charge is 0.338 e. The number of rotatable bonds is 3. The number of amidine groups is 1. The number of benzene rings is 1. The highest BCUT2D eigenvalue weighted by Crippen LogP contribution is 2.35. The third kappa shape index (κ3) is 3.61. The van der Waals surface area contributed by atoms with Crippen LogP contribution in [0, 0.1) is 6.92 Å². The molecule has 1 saturated heterocycles. The molecule has 142 valence electrons. The summed E-state index contributed by atoms with van der Waals surface area (Å²) >= 11 is 1.48. The molecule has 0 bridgehead atoms. The van der Waals surface area contributed by atoms with Gasteiger partial charge in [-0.15, -0.1) is 15.7 Å². The van der Waals surface area contributed by atoms with Crippen LogP contribution in [0.5, 0.6) is 0 Å². The lowest BCUT2D eigenvalue weighted by molar-refractivity contribution is 0.0468. The zero-order valence-corrected chi connectivity index (χ0v) is 16.5.